The average molecular weight is 271 g/mol. The summed E-state index contributed by atoms with van der Waals surface area (Å²) in [5.74, 6) is 1.82. The fourth-order valence-electron chi connectivity index (χ4n) is 2.20. The summed E-state index contributed by atoms with van der Waals surface area (Å²) in [6, 6.07) is 12.1. The summed E-state index contributed by atoms with van der Waals surface area (Å²) in [6.45, 7) is 3.25. The molecule has 0 fully saturated rings. The van der Waals surface area contributed by atoms with Crippen LogP contribution in [0.25, 0.3) is 0 Å². The van der Waals surface area contributed by atoms with Crippen molar-refractivity contribution in [2.75, 3.05) is 19.1 Å². The maximum atomic E-state index is 5.72. The molecule has 1 heterocycles. The number of pyridine rings is 1. The number of methoxy groups -OCH3 is 1. The van der Waals surface area contributed by atoms with Gasteiger partial charge in [0.25, 0.3) is 0 Å². The van der Waals surface area contributed by atoms with Crippen molar-refractivity contribution < 1.29 is 4.74 Å². The Morgan fingerprint density at radius 3 is 2.70 bits per heavy atom. The van der Waals surface area contributed by atoms with Gasteiger partial charge in [0, 0.05) is 31.4 Å². The van der Waals surface area contributed by atoms with E-state index in [1.807, 2.05) is 44.3 Å². The van der Waals surface area contributed by atoms with E-state index in [1.165, 1.54) is 0 Å². The standard InChI is InChI=1S/C16H21N3O/c1-12-8-13(10-17)9-16(18-12)19(2)11-14-6-4-5-7-15(14)20-3/h4-9H,10-11,17H2,1-3H3. The molecule has 2 N–H and O–H groups in total. The lowest BCUT2D eigenvalue weighted by molar-refractivity contribution is 0.409. The quantitative estimate of drug-likeness (QED) is 0.907. The van der Waals surface area contributed by atoms with Crippen molar-refractivity contribution in [2.24, 2.45) is 5.73 Å². The minimum atomic E-state index is 0.527. The molecule has 0 aliphatic heterocycles. The smallest absolute Gasteiger partial charge is 0.129 e. The maximum absolute atomic E-state index is 5.72. The molecule has 0 radical (unpaired) electrons. The first kappa shape index (κ1) is 14.3. The molecule has 0 atom stereocenters. The highest BCUT2D eigenvalue weighted by atomic mass is 16.5. The van der Waals surface area contributed by atoms with Gasteiger partial charge in [-0.1, -0.05) is 18.2 Å². The largest absolute Gasteiger partial charge is 0.496 e. The first-order valence-electron chi connectivity index (χ1n) is 6.64. The molecule has 2 rings (SSSR count). The zero-order valence-electron chi connectivity index (χ0n) is 12.3. The number of anilines is 1. The lowest BCUT2D eigenvalue weighted by Crippen LogP contribution is -2.19. The summed E-state index contributed by atoms with van der Waals surface area (Å²) in [4.78, 5) is 6.66. The molecule has 0 aliphatic rings. The first-order chi connectivity index (χ1) is 9.63. The second-order valence-corrected chi connectivity index (χ2v) is 4.85. The summed E-state index contributed by atoms with van der Waals surface area (Å²) in [5, 5.41) is 0. The maximum Gasteiger partial charge on any atom is 0.129 e. The Balaban J connectivity index is 2.23. The number of ether oxygens (including phenoxy) is 1. The average Bonchev–Trinajstić information content (AvgIpc) is 2.47. The van der Waals surface area contributed by atoms with Crippen molar-refractivity contribution >= 4 is 5.82 Å². The van der Waals surface area contributed by atoms with Crippen molar-refractivity contribution in [3.8, 4) is 5.75 Å². The van der Waals surface area contributed by atoms with Gasteiger partial charge in [-0.3, -0.25) is 0 Å². The van der Waals surface area contributed by atoms with Crippen LogP contribution in [0.15, 0.2) is 36.4 Å². The van der Waals surface area contributed by atoms with Crippen molar-refractivity contribution in [1.29, 1.82) is 0 Å². The van der Waals surface area contributed by atoms with Crippen molar-refractivity contribution in [1.82, 2.24) is 4.98 Å². The van der Waals surface area contributed by atoms with Crippen LogP contribution in [-0.4, -0.2) is 19.1 Å². The van der Waals surface area contributed by atoms with Gasteiger partial charge >= 0.3 is 0 Å². The van der Waals surface area contributed by atoms with Crippen LogP contribution >= 0.6 is 0 Å². The molecular formula is C16H21N3O. The van der Waals surface area contributed by atoms with Gasteiger partial charge < -0.3 is 15.4 Å². The van der Waals surface area contributed by atoms with E-state index in [9.17, 15) is 0 Å². The highest BCUT2D eigenvalue weighted by molar-refractivity contribution is 5.44. The summed E-state index contributed by atoms with van der Waals surface area (Å²) in [6.07, 6.45) is 0. The van der Waals surface area contributed by atoms with Crippen LogP contribution in [0.2, 0.25) is 0 Å². The predicted molar refractivity (Wildman–Crippen MR) is 82.0 cm³/mol. The van der Waals surface area contributed by atoms with Crippen LogP contribution in [-0.2, 0) is 13.1 Å². The minimum absolute atomic E-state index is 0.527. The monoisotopic (exact) mass is 271 g/mol. The van der Waals surface area contributed by atoms with Crippen LogP contribution in [0.3, 0.4) is 0 Å². The highest BCUT2D eigenvalue weighted by Crippen LogP contribution is 2.22. The second-order valence-electron chi connectivity index (χ2n) is 4.85. The number of nitrogens with zero attached hydrogens (tertiary/aromatic N) is 2. The number of nitrogens with two attached hydrogens (primary N) is 1. The zero-order valence-corrected chi connectivity index (χ0v) is 12.3. The highest BCUT2D eigenvalue weighted by Gasteiger charge is 2.09. The molecule has 4 nitrogen and oxygen atoms in total. The van der Waals surface area contributed by atoms with Gasteiger partial charge in [-0.15, -0.1) is 0 Å². The lowest BCUT2D eigenvalue weighted by atomic mass is 10.2. The molecule has 106 valence electrons. The van der Waals surface area contributed by atoms with E-state index in [2.05, 4.69) is 16.0 Å². The molecule has 1 aromatic carbocycles. The summed E-state index contributed by atoms with van der Waals surface area (Å²) in [5.41, 5.74) is 8.93. The summed E-state index contributed by atoms with van der Waals surface area (Å²) < 4.78 is 5.38. The van der Waals surface area contributed by atoms with Gasteiger partial charge in [-0.25, -0.2) is 4.98 Å². The van der Waals surface area contributed by atoms with Gasteiger partial charge in [0.05, 0.1) is 7.11 Å². The van der Waals surface area contributed by atoms with Gasteiger partial charge in [0.15, 0.2) is 0 Å². The Bertz CT molecular complexity index is 584. The van der Waals surface area contributed by atoms with Gasteiger partial charge in [0.2, 0.25) is 0 Å². The molecule has 0 spiro atoms. The van der Waals surface area contributed by atoms with E-state index in [4.69, 9.17) is 10.5 Å². The third kappa shape index (κ3) is 3.27. The summed E-state index contributed by atoms with van der Waals surface area (Å²) in [7, 11) is 3.71. The van der Waals surface area contributed by atoms with E-state index in [-0.39, 0.29) is 0 Å². The SMILES string of the molecule is COc1ccccc1CN(C)c1cc(CN)cc(C)n1. The van der Waals surface area contributed by atoms with E-state index in [1.54, 1.807) is 7.11 Å². The zero-order chi connectivity index (χ0) is 14.5. The number of hydrogen-bond donors (Lipinski definition) is 1. The number of rotatable bonds is 5. The molecule has 2 aromatic rings. The number of benzene rings is 1. The molecule has 0 unspecified atom stereocenters. The van der Waals surface area contributed by atoms with Crippen LogP contribution in [0.5, 0.6) is 5.75 Å². The summed E-state index contributed by atoms with van der Waals surface area (Å²) >= 11 is 0. The molecule has 0 saturated heterocycles. The van der Waals surface area contributed by atoms with E-state index in [0.717, 1.165) is 34.9 Å². The molecule has 0 bridgehead atoms. The number of hydrogen-bond acceptors (Lipinski definition) is 4. The minimum Gasteiger partial charge on any atom is -0.496 e. The molecule has 0 saturated carbocycles. The van der Waals surface area contributed by atoms with Crippen LogP contribution in [0, 0.1) is 6.92 Å². The van der Waals surface area contributed by atoms with E-state index >= 15 is 0 Å². The Labute approximate surface area is 120 Å². The number of aryl methyl sites for hydroxylation is 1. The van der Waals surface area contributed by atoms with Crippen molar-refractivity contribution in [3.63, 3.8) is 0 Å². The van der Waals surface area contributed by atoms with Crippen LogP contribution in [0.1, 0.15) is 16.8 Å². The van der Waals surface area contributed by atoms with Gasteiger partial charge in [0.1, 0.15) is 11.6 Å². The van der Waals surface area contributed by atoms with Crippen molar-refractivity contribution in [2.45, 2.75) is 20.0 Å². The van der Waals surface area contributed by atoms with Crippen LogP contribution < -0.4 is 15.4 Å². The Hall–Kier alpha value is -2.07. The van der Waals surface area contributed by atoms with Gasteiger partial charge in [-0.05, 0) is 30.7 Å². The predicted octanol–water partition coefficient (Wildman–Crippen LogP) is 2.49. The lowest BCUT2D eigenvalue weighted by Gasteiger charge is -2.20. The topological polar surface area (TPSA) is 51.4 Å². The van der Waals surface area contributed by atoms with Crippen molar-refractivity contribution in [3.05, 3.63) is 53.2 Å². The first-order valence-corrected chi connectivity index (χ1v) is 6.64. The van der Waals surface area contributed by atoms with E-state index in [0.29, 0.717) is 6.54 Å². The number of aromatic nitrogens is 1. The fraction of sp³-hybridized carbons (Fsp3) is 0.312. The normalized spacial score (nSPS) is 10.4. The fourth-order valence-corrected chi connectivity index (χ4v) is 2.20. The Kier molecular flexibility index (Phi) is 4.58. The number of para-hydroxylation sites is 1. The Morgan fingerprint density at radius 2 is 2.00 bits per heavy atom. The molecule has 0 aliphatic carbocycles. The second kappa shape index (κ2) is 6.39. The molecule has 4 heteroatoms. The molecular weight excluding hydrogens is 250 g/mol. The third-order valence-electron chi connectivity index (χ3n) is 3.23. The Morgan fingerprint density at radius 1 is 1.25 bits per heavy atom. The van der Waals surface area contributed by atoms with E-state index < -0.39 is 0 Å². The third-order valence-corrected chi connectivity index (χ3v) is 3.23. The molecule has 1 aromatic heterocycles. The van der Waals surface area contributed by atoms with Crippen LogP contribution in [0.4, 0.5) is 5.82 Å². The molecule has 0 amide bonds. The molecule has 20 heavy (non-hydrogen) atoms. The van der Waals surface area contributed by atoms with Gasteiger partial charge in [-0.2, -0.15) is 0 Å².